The molecule has 0 spiro atoms. The normalized spacial score (nSPS) is 12.3. The Kier molecular flexibility index (Phi) is 6.64. The van der Waals surface area contributed by atoms with E-state index in [1.165, 1.54) is 0 Å². The molecule has 1 atom stereocenters. The summed E-state index contributed by atoms with van der Waals surface area (Å²) in [5.41, 5.74) is 5.71. The average Bonchev–Trinajstić information content (AvgIpc) is 2.79. The fraction of sp³-hybridized carbons (Fsp3) is 0.538. The van der Waals surface area contributed by atoms with Gasteiger partial charge in [-0.2, -0.15) is 0 Å². The van der Waals surface area contributed by atoms with E-state index in [0.29, 0.717) is 6.54 Å². The Balaban J connectivity index is 2.40. The molecule has 20 heavy (non-hydrogen) atoms. The lowest BCUT2D eigenvalue weighted by Gasteiger charge is -2.19. The predicted molar refractivity (Wildman–Crippen MR) is 84.3 cm³/mol. The van der Waals surface area contributed by atoms with Gasteiger partial charge < -0.3 is 16.0 Å². The van der Waals surface area contributed by atoms with Gasteiger partial charge in [-0.1, -0.05) is 13.8 Å². The zero-order chi connectivity index (χ0) is 15.3. The molecular formula is C13H20BrN3O2S. The molecule has 1 aromatic heterocycles. The number of thiophene rings is 1. The Bertz CT molecular complexity index is 476. The van der Waals surface area contributed by atoms with Gasteiger partial charge in [-0.05, 0) is 27.9 Å². The van der Waals surface area contributed by atoms with Crippen LogP contribution in [0.1, 0.15) is 18.7 Å². The van der Waals surface area contributed by atoms with Gasteiger partial charge in [0.2, 0.25) is 11.8 Å². The van der Waals surface area contributed by atoms with Crippen molar-refractivity contribution in [3.63, 3.8) is 0 Å². The summed E-state index contributed by atoms with van der Waals surface area (Å²) >= 11 is 4.95. The van der Waals surface area contributed by atoms with E-state index in [1.807, 2.05) is 25.3 Å². The molecule has 0 aromatic carbocycles. The van der Waals surface area contributed by atoms with Gasteiger partial charge in [0.05, 0.1) is 19.1 Å². The molecular weight excluding hydrogens is 342 g/mol. The Morgan fingerprint density at radius 1 is 1.50 bits per heavy atom. The number of amides is 2. The van der Waals surface area contributed by atoms with Gasteiger partial charge in [0.15, 0.2) is 0 Å². The molecule has 0 aliphatic heterocycles. The van der Waals surface area contributed by atoms with Crippen LogP contribution in [0.2, 0.25) is 0 Å². The van der Waals surface area contributed by atoms with Crippen molar-refractivity contribution in [1.29, 1.82) is 0 Å². The van der Waals surface area contributed by atoms with Crippen molar-refractivity contribution in [2.24, 2.45) is 11.7 Å². The van der Waals surface area contributed by atoms with E-state index >= 15 is 0 Å². The van der Waals surface area contributed by atoms with Crippen LogP contribution in [-0.4, -0.2) is 36.3 Å². The molecule has 5 nitrogen and oxygen atoms in total. The number of rotatable bonds is 6. The highest BCUT2D eigenvalue weighted by Gasteiger charge is 2.18. The van der Waals surface area contributed by atoms with Crippen LogP contribution in [0.3, 0.4) is 0 Å². The minimum absolute atomic E-state index is 0.0255. The highest BCUT2D eigenvalue weighted by atomic mass is 79.9. The second-order valence-corrected chi connectivity index (χ2v) is 6.88. The summed E-state index contributed by atoms with van der Waals surface area (Å²) in [6, 6.07) is 1.39. The van der Waals surface area contributed by atoms with Gasteiger partial charge in [-0.3, -0.25) is 9.59 Å². The van der Waals surface area contributed by atoms with Crippen LogP contribution >= 0.6 is 27.3 Å². The van der Waals surface area contributed by atoms with E-state index in [9.17, 15) is 9.59 Å². The first-order valence-corrected chi connectivity index (χ1v) is 7.98. The van der Waals surface area contributed by atoms with Crippen molar-refractivity contribution in [2.75, 3.05) is 13.6 Å². The zero-order valence-corrected chi connectivity index (χ0v) is 14.3. The van der Waals surface area contributed by atoms with Crippen LogP contribution in [0.5, 0.6) is 0 Å². The van der Waals surface area contributed by atoms with Crippen LogP contribution in [0, 0.1) is 5.92 Å². The number of carbonyl (C=O) groups is 2. The summed E-state index contributed by atoms with van der Waals surface area (Å²) < 4.78 is 1.01. The van der Waals surface area contributed by atoms with E-state index in [0.717, 1.165) is 9.35 Å². The Labute approximate surface area is 131 Å². The van der Waals surface area contributed by atoms with Gasteiger partial charge in [0.25, 0.3) is 0 Å². The van der Waals surface area contributed by atoms with E-state index in [1.54, 1.807) is 23.3 Å². The van der Waals surface area contributed by atoms with E-state index in [2.05, 4.69) is 21.2 Å². The summed E-state index contributed by atoms with van der Waals surface area (Å²) in [4.78, 5) is 26.2. The second-order valence-electron chi connectivity index (χ2n) is 4.97. The fourth-order valence-electron chi connectivity index (χ4n) is 1.48. The topological polar surface area (TPSA) is 75.4 Å². The fourth-order valence-corrected chi connectivity index (χ4v) is 2.98. The van der Waals surface area contributed by atoms with E-state index < -0.39 is 6.04 Å². The van der Waals surface area contributed by atoms with E-state index in [-0.39, 0.29) is 24.3 Å². The third-order valence-corrected chi connectivity index (χ3v) is 4.56. The molecule has 0 fully saturated rings. The lowest BCUT2D eigenvalue weighted by atomic mass is 10.1. The number of likely N-dealkylation sites (N-methyl/N-ethyl adjacent to an activating group) is 1. The summed E-state index contributed by atoms with van der Waals surface area (Å²) in [5.74, 6) is -0.384. The molecule has 0 saturated heterocycles. The molecule has 2 amide bonds. The molecule has 0 saturated carbocycles. The SMILES string of the molecule is CC(C)[C@H](N)C(=O)NCC(=O)N(C)Cc1cc(Br)cs1. The molecule has 1 heterocycles. The number of hydrogen-bond acceptors (Lipinski definition) is 4. The monoisotopic (exact) mass is 361 g/mol. The van der Waals surface area contributed by atoms with Gasteiger partial charge in [0.1, 0.15) is 0 Å². The van der Waals surface area contributed by atoms with Crippen LogP contribution < -0.4 is 11.1 Å². The molecule has 0 bridgehead atoms. The molecule has 112 valence electrons. The van der Waals surface area contributed by atoms with Gasteiger partial charge in [-0.25, -0.2) is 0 Å². The van der Waals surface area contributed by atoms with Crippen molar-refractivity contribution in [2.45, 2.75) is 26.4 Å². The predicted octanol–water partition coefficient (Wildman–Crippen LogP) is 1.57. The summed E-state index contributed by atoms with van der Waals surface area (Å²) in [6.45, 7) is 4.24. The standard InChI is InChI=1S/C13H20BrN3O2S/c1-8(2)12(15)13(19)16-5-11(18)17(3)6-10-4-9(14)7-20-10/h4,7-8,12H,5-6,15H2,1-3H3,(H,16,19)/t12-/m0/s1. The highest BCUT2D eigenvalue weighted by Crippen LogP contribution is 2.20. The third-order valence-electron chi connectivity index (χ3n) is 2.88. The molecule has 3 N–H and O–H groups in total. The smallest absolute Gasteiger partial charge is 0.242 e. The number of halogens is 1. The number of nitrogens with two attached hydrogens (primary N) is 1. The Morgan fingerprint density at radius 2 is 2.15 bits per heavy atom. The Morgan fingerprint density at radius 3 is 2.65 bits per heavy atom. The number of nitrogens with one attached hydrogen (secondary N) is 1. The highest BCUT2D eigenvalue weighted by molar-refractivity contribution is 9.10. The van der Waals surface area contributed by atoms with Crippen LogP contribution in [0.25, 0.3) is 0 Å². The lowest BCUT2D eigenvalue weighted by molar-refractivity contribution is -0.132. The largest absolute Gasteiger partial charge is 0.346 e. The van der Waals surface area contributed by atoms with Crippen molar-refractivity contribution in [1.82, 2.24) is 10.2 Å². The quantitative estimate of drug-likeness (QED) is 0.807. The van der Waals surface area contributed by atoms with Crippen LogP contribution in [0.4, 0.5) is 0 Å². The van der Waals surface area contributed by atoms with Gasteiger partial charge >= 0.3 is 0 Å². The molecule has 0 aliphatic rings. The van der Waals surface area contributed by atoms with Crippen molar-refractivity contribution < 1.29 is 9.59 Å². The average molecular weight is 362 g/mol. The molecule has 1 aromatic rings. The first kappa shape index (κ1) is 17.1. The molecule has 7 heteroatoms. The maximum atomic E-state index is 11.9. The zero-order valence-electron chi connectivity index (χ0n) is 11.9. The molecule has 0 aliphatic carbocycles. The lowest BCUT2D eigenvalue weighted by Crippen LogP contribution is -2.47. The number of carbonyl (C=O) groups excluding carboxylic acids is 2. The maximum absolute atomic E-state index is 11.9. The minimum Gasteiger partial charge on any atom is -0.346 e. The van der Waals surface area contributed by atoms with Crippen molar-refractivity contribution >= 4 is 39.1 Å². The summed E-state index contributed by atoms with van der Waals surface area (Å²) in [6.07, 6.45) is 0. The van der Waals surface area contributed by atoms with E-state index in [4.69, 9.17) is 5.73 Å². The molecule has 1 rings (SSSR count). The second kappa shape index (κ2) is 7.75. The maximum Gasteiger partial charge on any atom is 0.242 e. The van der Waals surface area contributed by atoms with Gasteiger partial charge in [0, 0.05) is 21.8 Å². The summed E-state index contributed by atoms with van der Waals surface area (Å²) in [7, 11) is 1.71. The number of nitrogens with zero attached hydrogens (tertiary/aromatic N) is 1. The molecule has 0 radical (unpaired) electrons. The van der Waals surface area contributed by atoms with Crippen LogP contribution in [-0.2, 0) is 16.1 Å². The van der Waals surface area contributed by atoms with Gasteiger partial charge in [-0.15, -0.1) is 11.3 Å². The first-order chi connectivity index (χ1) is 9.31. The minimum atomic E-state index is -0.582. The first-order valence-electron chi connectivity index (χ1n) is 6.31. The molecule has 0 unspecified atom stereocenters. The third kappa shape index (κ3) is 5.22. The van der Waals surface area contributed by atoms with Crippen LogP contribution in [0.15, 0.2) is 15.9 Å². The van der Waals surface area contributed by atoms with Crippen molar-refractivity contribution in [3.8, 4) is 0 Å². The van der Waals surface area contributed by atoms with Crippen molar-refractivity contribution in [3.05, 3.63) is 20.8 Å². The number of hydrogen-bond donors (Lipinski definition) is 2. The Hall–Kier alpha value is -0.920. The summed E-state index contributed by atoms with van der Waals surface area (Å²) in [5, 5.41) is 4.54.